The van der Waals surface area contributed by atoms with Crippen molar-refractivity contribution in [3.05, 3.63) is 71.4 Å². The Morgan fingerprint density at radius 1 is 0.926 bits per heavy atom. The topological polar surface area (TPSA) is 13.7 Å². The summed E-state index contributed by atoms with van der Waals surface area (Å²) in [6.45, 7) is 6.93. The van der Waals surface area contributed by atoms with Crippen LogP contribution in [0.5, 0.6) is 0 Å². The maximum Gasteiger partial charge on any atom is 0.311 e. The Hall–Kier alpha value is -2.81. The number of benzene rings is 2. The molecule has 0 bridgehead atoms. The molecule has 0 fully saturated rings. The minimum atomic E-state index is 0.395. The first-order chi connectivity index (χ1) is 13.0. The lowest BCUT2D eigenvalue weighted by molar-refractivity contribution is -0.559. The van der Waals surface area contributed by atoms with Crippen molar-refractivity contribution in [3.63, 3.8) is 0 Å². The Labute approximate surface area is 160 Å². The molecule has 0 saturated carbocycles. The zero-order chi connectivity index (χ0) is 18.9. The highest BCUT2D eigenvalue weighted by Crippen LogP contribution is 2.40. The van der Waals surface area contributed by atoms with Gasteiger partial charge in [0.15, 0.2) is 11.0 Å². The molecule has 1 aliphatic heterocycles. The van der Waals surface area contributed by atoms with Gasteiger partial charge in [-0.05, 0) is 24.1 Å². The first kappa shape index (κ1) is 16.4. The van der Waals surface area contributed by atoms with Gasteiger partial charge in [0.25, 0.3) is 0 Å². The van der Waals surface area contributed by atoms with Crippen LogP contribution in [0.4, 0.5) is 0 Å². The summed E-state index contributed by atoms with van der Waals surface area (Å²) >= 11 is 0. The summed E-state index contributed by atoms with van der Waals surface area (Å²) in [6.07, 6.45) is 2.13. The highest BCUT2D eigenvalue weighted by atomic mass is 15.2. The number of aromatic nitrogens is 3. The minimum Gasteiger partial charge on any atom is -0.344 e. The van der Waals surface area contributed by atoms with Gasteiger partial charge >= 0.3 is 5.82 Å². The molecule has 4 aromatic rings. The van der Waals surface area contributed by atoms with Crippen LogP contribution in [0.15, 0.2) is 54.7 Å². The summed E-state index contributed by atoms with van der Waals surface area (Å²) in [7, 11) is 4.32. The third-order valence-corrected chi connectivity index (χ3v) is 6.21. The van der Waals surface area contributed by atoms with E-state index in [4.69, 9.17) is 0 Å². The monoisotopic (exact) mass is 356 g/mol. The fourth-order valence-corrected chi connectivity index (χ4v) is 4.80. The van der Waals surface area contributed by atoms with Crippen molar-refractivity contribution >= 4 is 11.0 Å². The zero-order valence-corrected chi connectivity index (χ0v) is 16.7. The summed E-state index contributed by atoms with van der Waals surface area (Å²) in [5.41, 5.74) is 9.51. The van der Waals surface area contributed by atoms with Crippen molar-refractivity contribution in [2.24, 2.45) is 14.1 Å². The molecular weight excluding hydrogens is 330 g/mol. The van der Waals surface area contributed by atoms with Gasteiger partial charge in [-0.15, -0.1) is 0 Å². The highest BCUT2D eigenvalue weighted by molar-refractivity contribution is 5.82. The normalized spacial score (nSPS) is 15.6. The second-order valence-corrected chi connectivity index (χ2v) is 8.10. The van der Waals surface area contributed by atoms with E-state index in [-0.39, 0.29) is 0 Å². The Bertz CT molecular complexity index is 1190. The highest BCUT2D eigenvalue weighted by Gasteiger charge is 2.37. The maximum absolute atomic E-state index is 2.52. The lowest BCUT2D eigenvalue weighted by Crippen LogP contribution is -2.39. The smallest absolute Gasteiger partial charge is 0.311 e. The fourth-order valence-electron chi connectivity index (χ4n) is 4.80. The quantitative estimate of drug-likeness (QED) is 0.446. The number of hydrogen-bond acceptors (Lipinski definition) is 0. The molecule has 0 saturated heterocycles. The summed E-state index contributed by atoms with van der Waals surface area (Å²) in [5, 5.41) is 0. The van der Waals surface area contributed by atoms with E-state index < -0.39 is 0 Å². The molecule has 3 heteroatoms. The van der Waals surface area contributed by atoms with E-state index in [1.807, 2.05) is 0 Å². The second-order valence-electron chi connectivity index (χ2n) is 8.10. The molecular formula is C24H26N3+. The Morgan fingerprint density at radius 2 is 1.67 bits per heavy atom. The van der Waals surface area contributed by atoms with E-state index >= 15 is 0 Å². The summed E-state index contributed by atoms with van der Waals surface area (Å²) in [5.74, 6) is 2.11. The van der Waals surface area contributed by atoms with Gasteiger partial charge in [-0.3, -0.25) is 0 Å². The van der Waals surface area contributed by atoms with Crippen molar-refractivity contribution in [2.45, 2.75) is 32.6 Å². The van der Waals surface area contributed by atoms with E-state index in [0.29, 0.717) is 11.8 Å². The second kappa shape index (κ2) is 5.59. The first-order valence-corrected chi connectivity index (χ1v) is 9.79. The van der Waals surface area contributed by atoms with Crippen molar-refractivity contribution in [1.29, 1.82) is 0 Å². The molecule has 0 aliphatic carbocycles. The van der Waals surface area contributed by atoms with Crippen LogP contribution in [-0.2, 0) is 14.1 Å². The molecule has 0 N–H and O–H groups in total. The van der Waals surface area contributed by atoms with E-state index in [1.54, 1.807) is 0 Å². The molecule has 3 heterocycles. The van der Waals surface area contributed by atoms with Crippen LogP contribution in [0, 0.1) is 0 Å². The summed E-state index contributed by atoms with van der Waals surface area (Å²) in [6, 6.07) is 17.9. The van der Waals surface area contributed by atoms with Crippen molar-refractivity contribution in [1.82, 2.24) is 9.13 Å². The number of nitrogens with zero attached hydrogens (tertiary/aromatic N) is 3. The van der Waals surface area contributed by atoms with E-state index in [2.05, 4.69) is 103 Å². The number of hydrogen-bond donors (Lipinski definition) is 0. The number of fused-ring (bicyclic) bond motifs is 2. The Balaban J connectivity index is 2.03. The molecule has 3 nitrogen and oxygen atoms in total. The number of rotatable bonds is 2. The predicted molar refractivity (Wildman–Crippen MR) is 110 cm³/mol. The van der Waals surface area contributed by atoms with Crippen LogP contribution < -0.4 is 4.57 Å². The van der Waals surface area contributed by atoms with Gasteiger partial charge < -0.3 is 4.57 Å². The van der Waals surface area contributed by atoms with Crippen LogP contribution in [0.25, 0.3) is 28.2 Å². The van der Waals surface area contributed by atoms with Gasteiger partial charge in [0.2, 0.25) is 0 Å². The largest absolute Gasteiger partial charge is 0.344 e. The van der Waals surface area contributed by atoms with Gasteiger partial charge in [-0.2, -0.15) is 4.57 Å². The Morgan fingerprint density at radius 3 is 2.37 bits per heavy atom. The average molecular weight is 356 g/mol. The van der Waals surface area contributed by atoms with Crippen LogP contribution in [0.1, 0.15) is 49.3 Å². The van der Waals surface area contributed by atoms with Gasteiger partial charge in [0, 0.05) is 35.9 Å². The molecule has 27 heavy (non-hydrogen) atoms. The van der Waals surface area contributed by atoms with Gasteiger partial charge in [-0.25, -0.2) is 4.57 Å². The fraction of sp³-hybridized carbons (Fsp3) is 0.292. The first-order valence-electron chi connectivity index (χ1n) is 9.79. The van der Waals surface area contributed by atoms with Crippen molar-refractivity contribution < 1.29 is 4.57 Å². The minimum absolute atomic E-state index is 0.395. The van der Waals surface area contributed by atoms with Gasteiger partial charge in [-0.1, -0.05) is 51.1 Å². The molecule has 2 aromatic carbocycles. The maximum atomic E-state index is 2.52. The standard InChI is InChI=1S/C24H26N3/c1-15(2)17-9-6-10-18-16(3)19-11-7-12-20-23(19)27(22(17)18)24(26(20)5)21-13-8-14-25(21)4/h6-16H,1-5H3/q+1. The van der Waals surface area contributed by atoms with E-state index in [9.17, 15) is 0 Å². The summed E-state index contributed by atoms with van der Waals surface area (Å²) in [4.78, 5) is 0. The van der Waals surface area contributed by atoms with E-state index in [0.717, 1.165) is 0 Å². The predicted octanol–water partition coefficient (Wildman–Crippen LogP) is 5.05. The van der Waals surface area contributed by atoms with Crippen molar-refractivity contribution in [3.8, 4) is 17.2 Å². The molecule has 2 aromatic heterocycles. The lowest BCUT2D eigenvalue weighted by Gasteiger charge is -2.24. The molecule has 0 amide bonds. The lowest BCUT2D eigenvalue weighted by atomic mass is 9.84. The number of para-hydroxylation sites is 2. The van der Waals surface area contributed by atoms with Crippen LogP contribution >= 0.6 is 0 Å². The average Bonchev–Trinajstić information content (AvgIpc) is 3.20. The molecule has 0 spiro atoms. The van der Waals surface area contributed by atoms with Gasteiger partial charge in [0.1, 0.15) is 11.4 Å². The number of aryl methyl sites for hydroxylation is 2. The van der Waals surface area contributed by atoms with E-state index in [1.165, 1.54) is 44.9 Å². The van der Waals surface area contributed by atoms with Crippen LogP contribution in [0.2, 0.25) is 0 Å². The van der Waals surface area contributed by atoms with Gasteiger partial charge in [0.05, 0.1) is 7.05 Å². The molecule has 1 atom stereocenters. The third-order valence-electron chi connectivity index (χ3n) is 6.21. The van der Waals surface area contributed by atoms with Crippen molar-refractivity contribution in [2.75, 3.05) is 0 Å². The number of imidazole rings is 1. The summed E-state index contributed by atoms with van der Waals surface area (Å²) < 4.78 is 7.09. The Kier molecular flexibility index (Phi) is 3.39. The molecule has 1 unspecified atom stereocenters. The van der Waals surface area contributed by atoms with Crippen LogP contribution in [-0.4, -0.2) is 9.13 Å². The molecule has 1 aliphatic rings. The van der Waals surface area contributed by atoms with Crippen LogP contribution in [0.3, 0.4) is 0 Å². The molecule has 0 radical (unpaired) electrons. The molecule has 5 rings (SSSR count). The third kappa shape index (κ3) is 2.05. The SMILES string of the molecule is CC(C)c1cccc2c1-[n+]1c(-c3cccn3C)n(C)c3cccc(c31)C2C. The molecule has 136 valence electrons. The zero-order valence-electron chi connectivity index (χ0n) is 16.7.